The van der Waals surface area contributed by atoms with E-state index in [0.717, 1.165) is 51.5 Å². The van der Waals surface area contributed by atoms with Gasteiger partial charge in [-0.1, -0.05) is 20.8 Å². The van der Waals surface area contributed by atoms with Crippen molar-refractivity contribution in [3.05, 3.63) is 0 Å². The van der Waals surface area contributed by atoms with E-state index in [1.165, 1.54) is 25.7 Å². The number of carbonyl (C=O) groups excluding carboxylic acids is 1. The number of unbranched alkanes of at least 4 members (excludes halogenated alkanes) is 1. The number of aliphatic hydroxyl groups is 2. The fourth-order valence-electron chi connectivity index (χ4n) is 9.32. The van der Waals surface area contributed by atoms with Crippen LogP contribution in [0.25, 0.3) is 0 Å². The number of nitrogens with two attached hydrogens (primary N) is 1. The number of hydrogen-bond donors (Lipinski definition) is 4. The Hall–Kier alpha value is -0.650. The van der Waals surface area contributed by atoms with Crippen LogP contribution in [0.5, 0.6) is 0 Å². The molecule has 4 fully saturated rings. The smallest absolute Gasteiger partial charge is 0.220 e. The quantitative estimate of drug-likeness (QED) is 0.406. The summed E-state index contributed by atoms with van der Waals surface area (Å²) in [6, 6.07) is 0. The molecule has 0 spiro atoms. The minimum absolute atomic E-state index is 0.171. The minimum Gasteiger partial charge on any atom is -0.393 e. The summed E-state index contributed by atoms with van der Waals surface area (Å²) in [6.07, 6.45) is 11.9. The number of carbonyl (C=O) groups is 1. The predicted molar refractivity (Wildman–Crippen MR) is 132 cm³/mol. The van der Waals surface area contributed by atoms with Gasteiger partial charge in [0, 0.05) is 13.0 Å². The highest BCUT2D eigenvalue weighted by molar-refractivity contribution is 5.75. The molecule has 5 heteroatoms. The first-order chi connectivity index (χ1) is 15.7. The molecule has 190 valence electrons. The van der Waals surface area contributed by atoms with E-state index in [2.05, 4.69) is 26.1 Å². The maximum atomic E-state index is 12.3. The van der Waals surface area contributed by atoms with Gasteiger partial charge in [-0.3, -0.25) is 4.79 Å². The van der Waals surface area contributed by atoms with Gasteiger partial charge in [-0.2, -0.15) is 0 Å². The first-order valence-electron chi connectivity index (χ1n) is 14.0. The summed E-state index contributed by atoms with van der Waals surface area (Å²) in [4.78, 5) is 12.3. The van der Waals surface area contributed by atoms with E-state index >= 15 is 0 Å². The van der Waals surface area contributed by atoms with Crippen LogP contribution in [0.2, 0.25) is 0 Å². The van der Waals surface area contributed by atoms with E-state index in [0.29, 0.717) is 48.5 Å². The van der Waals surface area contributed by atoms with E-state index in [1.807, 2.05) is 0 Å². The number of aliphatic hydroxyl groups excluding tert-OH is 2. The molecule has 0 bridgehead atoms. The first kappa shape index (κ1) is 25.4. The van der Waals surface area contributed by atoms with Crippen molar-refractivity contribution >= 4 is 5.91 Å². The Morgan fingerprint density at radius 1 is 1.03 bits per heavy atom. The van der Waals surface area contributed by atoms with Gasteiger partial charge in [0.15, 0.2) is 0 Å². The van der Waals surface area contributed by atoms with Crippen molar-refractivity contribution in [1.82, 2.24) is 5.32 Å². The lowest BCUT2D eigenvalue weighted by atomic mass is 9.43. The largest absolute Gasteiger partial charge is 0.393 e. The van der Waals surface area contributed by atoms with Crippen LogP contribution in [0.1, 0.15) is 97.8 Å². The second-order valence-corrected chi connectivity index (χ2v) is 12.8. The van der Waals surface area contributed by atoms with Crippen molar-refractivity contribution in [3.8, 4) is 0 Å². The van der Waals surface area contributed by atoms with Crippen LogP contribution in [0.15, 0.2) is 0 Å². The molecular formula is C28H50N2O3. The predicted octanol–water partition coefficient (Wildman–Crippen LogP) is 4.25. The molecule has 0 aliphatic heterocycles. The van der Waals surface area contributed by atoms with Crippen molar-refractivity contribution in [2.45, 2.75) is 110 Å². The Morgan fingerprint density at radius 3 is 2.52 bits per heavy atom. The van der Waals surface area contributed by atoms with Crippen molar-refractivity contribution in [3.63, 3.8) is 0 Å². The highest BCUT2D eigenvalue weighted by atomic mass is 16.3. The molecule has 4 aliphatic carbocycles. The fourth-order valence-corrected chi connectivity index (χ4v) is 9.32. The van der Waals surface area contributed by atoms with E-state index in [1.54, 1.807) is 0 Å². The third-order valence-corrected chi connectivity index (χ3v) is 11.2. The maximum Gasteiger partial charge on any atom is 0.220 e. The summed E-state index contributed by atoms with van der Waals surface area (Å²) in [5.41, 5.74) is 6.11. The third-order valence-electron chi connectivity index (χ3n) is 11.2. The molecule has 0 aromatic rings. The van der Waals surface area contributed by atoms with Crippen molar-refractivity contribution in [2.24, 2.45) is 52.1 Å². The van der Waals surface area contributed by atoms with Crippen LogP contribution in [-0.4, -0.2) is 41.4 Å². The molecule has 4 saturated carbocycles. The van der Waals surface area contributed by atoms with Crippen LogP contribution in [0, 0.1) is 46.3 Å². The van der Waals surface area contributed by atoms with Gasteiger partial charge in [0.1, 0.15) is 0 Å². The van der Waals surface area contributed by atoms with E-state index < -0.39 is 0 Å². The van der Waals surface area contributed by atoms with E-state index in [9.17, 15) is 15.0 Å². The lowest BCUT2D eigenvalue weighted by Gasteiger charge is -2.62. The lowest BCUT2D eigenvalue weighted by Crippen LogP contribution is -2.58. The van der Waals surface area contributed by atoms with Gasteiger partial charge in [-0.05, 0) is 124 Å². The van der Waals surface area contributed by atoms with Gasteiger partial charge in [-0.25, -0.2) is 0 Å². The van der Waals surface area contributed by atoms with Gasteiger partial charge in [0.25, 0.3) is 0 Å². The van der Waals surface area contributed by atoms with Gasteiger partial charge in [0.2, 0.25) is 5.91 Å². The van der Waals surface area contributed by atoms with Gasteiger partial charge in [-0.15, -0.1) is 0 Å². The zero-order chi connectivity index (χ0) is 23.8. The highest BCUT2D eigenvalue weighted by Gasteiger charge is 2.62. The first-order valence-corrected chi connectivity index (χ1v) is 14.0. The Labute approximate surface area is 201 Å². The molecule has 5 N–H and O–H groups in total. The maximum absolute atomic E-state index is 12.3. The molecular weight excluding hydrogens is 412 g/mol. The topological polar surface area (TPSA) is 95.6 Å². The molecule has 0 radical (unpaired) electrons. The summed E-state index contributed by atoms with van der Waals surface area (Å²) in [6.45, 7) is 8.79. The van der Waals surface area contributed by atoms with Crippen LogP contribution >= 0.6 is 0 Å². The summed E-state index contributed by atoms with van der Waals surface area (Å²) >= 11 is 0. The Balaban J connectivity index is 1.39. The monoisotopic (exact) mass is 462 g/mol. The average Bonchev–Trinajstić information content (AvgIpc) is 3.13. The molecule has 0 aromatic heterocycles. The second kappa shape index (κ2) is 10.1. The number of nitrogens with one attached hydrogen (secondary N) is 1. The van der Waals surface area contributed by atoms with Crippen molar-refractivity contribution in [1.29, 1.82) is 0 Å². The summed E-state index contributed by atoms with van der Waals surface area (Å²) in [5.74, 6) is 3.48. The molecule has 33 heavy (non-hydrogen) atoms. The summed E-state index contributed by atoms with van der Waals surface area (Å²) in [7, 11) is 0. The van der Waals surface area contributed by atoms with E-state index in [-0.39, 0.29) is 28.9 Å². The van der Waals surface area contributed by atoms with Crippen LogP contribution < -0.4 is 11.1 Å². The number of hydrogen-bond acceptors (Lipinski definition) is 4. The number of fused-ring (bicyclic) bond motifs is 5. The van der Waals surface area contributed by atoms with E-state index in [4.69, 9.17) is 5.73 Å². The molecule has 4 rings (SSSR count). The zero-order valence-electron chi connectivity index (χ0n) is 21.4. The fraction of sp³-hybridized carbons (Fsp3) is 0.964. The van der Waals surface area contributed by atoms with Crippen molar-refractivity contribution in [2.75, 3.05) is 13.1 Å². The van der Waals surface area contributed by atoms with Crippen LogP contribution in [0.3, 0.4) is 0 Å². The zero-order valence-corrected chi connectivity index (χ0v) is 21.4. The van der Waals surface area contributed by atoms with Gasteiger partial charge < -0.3 is 21.3 Å². The minimum atomic E-state index is -0.212. The summed E-state index contributed by atoms with van der Waals surface area (Å²) < 4.78 is 0. The van der Waals surface area contributed by atoms with Crippen LogP contribution in [-0.2, 0) is 4.79 Å². The number of amides is 1. The van der Waals surface area contributed by atoms with Gasteiger partial charge in [0.05, 0.1) is 12.2 Å². The summed E-state index contributed by atoms with van der Waals surface area (Å²) in [5, 5.41) is 24.7. The lowest BCUT2D eigenvalue weighted by molar-refractivity contribution is -0.174. The SMILES string of the molecule is C[C@H](CCC(=O)NCCCCN)[C@H]1CC[C@H]2[C@@H]3[C@H](O)C[C@@H]4C[C@H](O)CC[C@]4(C)[C@H]3CC[C@]12C. The molecule has 5 nitrogen and oxygen atoms in total. The molecule has 0 unspecified atom stereocenters. The Bertz CT molecular complexity index is 686. The molecule has 0 aromatic carbocycles. The third kappa shape index (κ3) is 4.76. The molecule has 10 atom stereocenters. The second-order valence-electron chi connectivity index (χ2n) is 12.8. The number of rotatable bonds is 8. The standard InChI is InChI=1S/C28H50N2O3/c1-18(6-9-25(33)30-15-5-4-14-29)21-7-8-22-26-23(11-13-28(21,22)3)27(2)12-10-20(31)16-19(27)17-24(26)32/h18-24,26,31-32H,4-17,29H2,1-3H3,(H,30,33)/t18-,19+,20-,21-,22+,23+,24-,26+,27+,28-/m1/s1. The average molecular weight is 463 g/mol. The molecule has 1 amide bonds. The molecule has 0 heterocycles. The normalized spacial score (nSPS) is 45.6. The molecule has 4 aliphatic rings. The molecule has 0 saturated heterocycles. The van der Waals surface area contributed by atoms with Gasteiger partial charge >= 0.3 is 0 Å². The highest BCUT2D eigenvalue weighted by Crippen LogP contribution is 2.68. The Morgan fingerprint density at radius 2 is 1.76 bits per heavy atom. The Kier molecular flexibility index (Phi) is 7.82. The van der Waals surface area contributed by atoms with Crippen molar-refractivity contribution < 1.29 is 15.0 Å². The van der Waals surface area contributed by atoms with Crippen LogP contribution in [0.4, 0.5) is 0 Å².